The van der Waals surface area contributed by atoms with Gasteiger partial charge in [0.25, 0.3) is 20.2 Å². The molecule has 22 heteroatoms. The third-order valence-corrected chi connectivity index (χ3v) is 9.14. The maximum Gasteiger partial charge on any atom is 1.00 e. The number of rotatable bonds is 9. The molecule has 0 heterocycles. The fourth-order valence-corrected chi connectivity index (χ4v) is 6.08. The molecule has 262 valence electrons. The van der Waals surface area contributed by atoms with Gasteiger partial charge in [0.05, 0.1) is 45.0 Å². The van der Waals surface area contributed by atoms with E-state index in [9.17, 15) is 46.1 Å². The summed E-state index contributed by atoms with van der Waals surface area (Å²) in [5.41, 5.74) is 5.66. The number of benzene rings is 6. The summed E-state index contributed by atoms with van der Waals surface area (Å²) in [7, 11) is -9.62. The van der Waals surface area contributed by atoms with E-state index in [0.29, 0.717) is 11.4 Å². The Bertz CT molecular complexity index is 2770. The molecule has 6 aromatic carbocycles. The fraction of sp³-hybridized carbons (Fsp3) is 0. The van der Waals surface area contributed by atoms with E-state index in [0.717, 1.165) is 30.3 Å². The van der Waals surface area contributed by atoms with Crippen LogP contribution < -0.4 is 110 Å². The van der Waals surface area contributed by atoms with E-state index in [1.807, 2.05) is 0 Å². The van der Waals surface area contributed by atoms with Gasteiger partial charge in [-0.25, -0.2) is 0 Å². The molecule has 0 aromatic heterocycles. The van der Waals surface area contributed by atoms with Crippen molar-refractivity contribution in [1.29, 1.82) is 0 Å². The number of anilines is 1. The van der Waals surface area contributed by atoms with Crippen LogP contribution in [0, 0.1) is 0 Å². The summed E-state index contributed by atoms with van der Waals surface area (Å²) in [4.78, 5) is 9.81. The van der Waals surface area contributed by atoms with Crippen molar-refractivity contribution in [3.05, 3.63) is 103 Å². The molecule has 0 atom stereocenters. The third-order valence-electron chi connectivity index (χ3n) is 7.42. The molecule has 0 saturated heterocycles. The number of nitrogens with zero attached hydrogens (tertiary/aromatic N) is 6. The number of hydrogen-bond acceptors (Lipinski definition) is 15. The summed E-state index contributed by atoms with van der Waals surface area (Å²) >= 11 is 0. The molecule has 6 rings (SSSR count). The minimum absolute atomic E-state index is 0. The van der Waals surface area contributed by atoms with E-state index in [1.165, 1.54) is 66.7 Å². The molecule has 0 fully saturated rings. The molecule has 4 N–H and O–H groups in total. The number of nitrogens with two attached hydrogens (primary N) is 1. The van der Waals surface area contributed by atoms with Crippen molar-refractivity contribution in [1.82, 2.24) is 0 Å². The predicted octanol–water partition coefficient (Wildman–Crippen LogP) is -3.16. The molecule has 0 spiro atoms. The summed E-state index contributed by atoms with van der Waals surface area (Å²) in [5.74, 6) is -3.24. The molecule has 0 aliphatic heterocycles. The monoisotopic (exact) mass is 807 g/mol. The maximum atomic E-state index is 13.3. The van der Waals surface area contributed by atoms with Crippen molar-refractivity contribution in [3.63, 3.8) is 0 Å². The SMILES string of the molecule is Nc1ccc2cc(S(=O)(=O)O)c(N=Nc3ccc(N=Nc4ccc(N=Nc5ccc([O-])c(C(=O)[O-])c5)cc4)c4cc(S(=O)(=O)O)ccc34)c([O-])c2c1.[Na+].[Na+].[Na+]. The Labute approximate surface area is 378 Å². The summed E-state index contributed by atoms with van der Waals surface area (Å²) < 4.78 is 67.9. The van der Waals surface area contributed by atoms with Gasteiger partial charge in [-0.1, -0.05) is 29.7 Å². The van der Waals surface area contributed by atoms with Gasteiger partial charge in [0.1, 0.15) is 4.90 Å². The van der Waals surface area contributed by atoms with E-state index in [-0.39, 0.29) is 133 Å². The Morgan fingerprint density at radius 3 is 1.75 bits per heavy atom. The number of azo groups is 3. The fourth-order valence-electron chi connectivity index (χ4n) is 4.92. The Kier molecular flexibility index (Phi) is 15.4. The second-order valence-corrected chi connectivity index (χ2v) is 13.7. The Morgan fingerprint density at radius 1 is 0.582 bits per heavy atom. The second-order valence-electron chi connectivity index (χ2n) is 10.9. The smallest absolute Gasteiger partial charge is 0.872 e. The topological polar surface area (TPSA) is 295 Å². The molecule has 0 bridgehead atoms. The zero-order valence-electron chi connectivity index (χ0n) is 29.0. The van der Waals surface area contributed by atoms with E-state index in [4.69, 9.17) is 5.73 Å². The third kappa shape index (κ3) is 10.6. The Morgan fingerprint density at radius 2 is 1.15 bits per heavy atom. The molecular formula is C33H20N7Na3O10S2. The molecule has 0 aliphatic carbocycles. The first-order chi connectivity index (χ1) is 24.6. The van der Waals surface area contributed by atoms with Gasteiger partial charge in [-0.15, -0.1) is 15.3 Å². The predicted molar refractivity (Wildman–Crippen MR) is 181 cm³/mol. The number of aromatic carboxylic acids is 1. The van der Waals surface area contributed by atoms with Crippen LogP contribution in [0.15, 0.2) is 138 Å². The van der Waals surface area contributed by atoms with E-state index >= 15 is 0 Å². The minimum atomic E-state index is -4.94. The van der Waals surface area contributed by atoms with Crippen LogP contribution in [0.25, 0.3) is 21.5 Å². The van der Waals surface area contributed by atoms with Gasteiger partial charge in [0.2, 0.25) is 0 Å². The summed E-state index contributed by atoms with van der Waals surface area (Å²) in [6.45, 7) is 0. The maximum absolute atomic E-state index is 13.3. The number of fused-ring (bicyclic) bond motifs is 2. The van der Waals surface area contributed by atoms with Gasteiger partial charge >= 0.3 is 88.7 Å². The van der Waals surface area contributed by atoms with E-state index in [1.54, 1.807) is 0 Å². The Balaban J connectivity index is 0.00000271. The standard InChI is InChI=1S/C33H23N7O10S2.3Na/c34-18-2-1-17-13-30(52(48,49)50)31(32(42)24(17)14-18)40-39-27-10-11-28(25-16-22(51(45,46)47)8-9-23(25)27)38-36-20-5-3-19(4-6-20)35-37-21-7-12-29(41)26(15-21)33(43)44;;;/h1-16,41-42H,34H2,(H,43,44)(H,45,46,47)(H,48,49,50);;;/q;3*+1/p-3. The molecule has 6 aromatic rings. The molecule has 55 heavy (non-hydrogen) atoms. The van der Waals surface area contributed by atoms with E-state index in [2.05, 4.69) is 30.7 Å². The molecule has 0 aliphatic rings. The first-order valence-electron chi connectivity index (χ1n) is 14.5. The van der Waals surface area contributed by atoms with Gasteiger partial charge < -0.3 is 25.8 Å². The molecule has 0 saturated carbocycles. The zero-order valence-corrected chi connectivity index (χ0v) is 36.6. The summed E-state index contributed by atoms with van der Waals surface area (Å²) in [5, 5.41) is 60.7. The minimum Gasteiger partial charge on any atom is -0.872 e. The molecule has 0 amide bonds. The number of carbonyl (C=O) groups excluding carboxylic acids is 1. The van der Waals surface area contributed by atoms with Crippen molar-refractivity contribution in [2.45, 2.75) is 9.79 Å². The quantitative estimate of drug-likeness (QED) is 0.0567. The number of carbonyl (C=O) groups is 1. The summed E-state index contributed by atoms with van der Waals surface area (Å²) in [6.07, 6.45) is 0. The second kappa shape index (κ2) is 18.5. The van der Waals surface area contributed by atoms with Crippen molar-refractivity contribution in [3.8, 4) is 11.5 Å². The normalized spacial score (nSPS) is 11.8. The number of carboxylic acid groups (broad SMARTS) is 1. The van der Waals surface area contributed by atoms with Gasteiger partial charge in [-0.3, -0.25) is 9.11 Å². The number of nitrogen functional groups attached to an aromatic ring is 1. The van der Waals surface area contributed by atoms with Crippen LogP contribution in [0.1, 0.15) is 10.4 Å². The van der Waals surface area contributed by atoms with Gasteiger partial charge in [-0.05, 0) is 95.2 Å². The van der Waals surface area contributed by atoms with Crippen LogP contribution in [0.4, 0.5) is 39.8 Å². The van der Waals surface area contributed by atoms with Crippen molar-refractivity contribution in [2.24, 2.45) is 30.7 Å². The molecule has 17 nitrogen and oxygen atoms in total. The molecule has 0 radical (unpaired) electrons. The Hall–Kier alpha value is -3.67. The average Bonchev–Trinajstić information content (AvgIpc) is 3.09. The van der Waals surface area contributed by atoms with Crippen LogP contribution in [-0.2, 0) is 20.2 Å². The van der Waals surface area contributed by atoms with E-state index < -0.39 is 58.7 Å². The zero-order chi connectivity index (χ0) is 37.4. The van der Waals surface area contributed by atoms with Crippen LogP contribution in [0.2, 0.25) is 0 Å². The number of hydrogen-bond donors (Lipinski definition) is 3. The largest absolute Gasteiger partial charge is 1.00 e. The first-order valence-corrected chi connectivity index (χ1v) is 17.4. The van der Waals surface area contributed by atoms with Crippen molar-refractivity contribution >= 4 is 87.6 Å². The van der Waals surface area contributed by atoms with Crippen LogP contribution in [0.5, 0.6) is 11.5 Å². The number of carboxylic acids is 1. The molecule has 0 unspecified atom stereocenters. The molecular weight excluding hydrogens is 788 g/mol. The average molecular weight is 808 g/mol. The van der Waals surface area contributed by atoms with Crippen LogP contribution in [0.3, 0.4) is 0 Å². The van der Waals surface area contributed by atoms with Crippen LogP contribution >= 0.6 is 0 Å². The van der Waals surface area contributed by atoms with Gasteiger partial charge in [0.15, 0.2) is 0 Å². The first kappa shape index (κ1) is 45.7. The van der Waals surface area contributed by atoms with Crippen LogP contribution in [-0.4, -0.2) is 31.9 Å². The van der Waals surface area contributed by atoms with Gasteiger partial charge in [-0.2, -0.15) is 32.2 Å². The van der Waals surface area contributed by atoms with Gasteiger partial charge in [0, 0.05) is 16.5 Å². The summed E-state index contributed by atoms with van der Waals surface area (Å²) in [6, 6.07) is 20.9. The van der Waals surface area contributed by atoms with Crippen molar-refractivity contribution in [2.75, 3.05) is 5.73 Å². The van der Waals surface area contributed by atoms with Crippen molar-refractivity contribution < 1.29 is 135 Å².